The fourth-order valence-electron chi connectivity index (χ4n) is 2.00. The summed E-state index contributed by atoms with van der Waals surface area (Å²) in [6, 6.07) is 12.0. The van der Waals surface area contributed by atoms with Crippen LogP contribution in [-0.2, 0) is 4.79 Å². The summed E-state index contributed by atoms with van der Waals surface area (Å²) >= 11 is 0. The minimum Gasteiger partial charge on any atom is -0.355 e. The Labute approximate surface area is 121 Å². The van der Waals surface area contributed by atoms with E-state index in [-0.39, 0.29) is 11.9 Å². The maximum absolute atomic E-state index is 11.9. The van der Waals surface area contributed by atoms with Crippen molar-refractivity contribution in [3.63, 3.8) is 0 Å². The van der Waals surface area contributed by atoms with Crippen LogP contribution < -0.4 is 5.32 Å². The standard InChI is InChI=1S/C16H23N3O/c1-13(2)11-18-16(20)12-19(3)15(9-10-17)14-7-5-4-6-8-14/h4-8,13,15H,9,11-12H2,1-3H3,(H,18,20). The van der Waals surface area contributed by atoms with Gasteiger partial charge in [0.15, 0.2) is 0 Å². The van der Waals surface area contributed by atoms with Crippen molar-refractivity contribution in [1.29, 1.82) is 5.26 Å². The van der Waals surface area contributed by atoms with Crippen molar-refractivity contribution in [2.45, 2.75) is 26.3 Å². The largest absolute Gasteiger partial charge is 0.355 e. The van der Waals surface area contributed by atoms with Crippen LogP contribution in [0.5, 0.6) is 0 Å². The van der Waals surface area contributed by atoms with E-state index in [0.29, 0.717) is 25.4 Å². The molecule has 1 atom stereocenters. The third kappa shape index (κ3) is 5.41. The molecule has 0 heterocycles. The van der Waals surface area contributed by atoms with Gasteiger partial charge < -0.3 is 5.32 Å². The van der Waals surface area contributed by atoms with Gasteiger partial charge >= 0.3 is 0 Å². The van der Waals surface area contributed by atoms with E-state index in [9.17, 15) is 4.79 Å². The summed E-state index contributed by atoms with van der Waals surface area (Å²) in [7, 11) is 1.88. The molecule has 1 N–H and O–H groups in total. The van der Waals surface area contributed by atoms with Gasteiger partial charge in [-0.05, 0) is 18.5 Å². The molecule has 108 valence electrons. The predicted octanol–water partition coefficient (Wildman–Crippen LogP) is 2.35. The molecule has 1 rings (SSSR count). The van der Waals surface area contributed by atoms with E-state index in [2.05, 4.69) is 25.2 Å². The number of nitrogens with one attached hydrogen (secondary N) is 1. The van der Waals surface area contributed by atoms with Crippen LogP contribution >= 0.6 is 0 Å². The Morgan fingerprint density at radius 1 is 1.35 bits per heavy atom. The van der Waals surface area contributed by atoms with Gasteiger partial charge in [-0.25, -0.2) is 0 Å². The molecule has 20 heavy (non-hydrogen) atoms. The molecule has 0 spiro atoms. The fraction of sp³-hybridized carbons (Fsp3) is 0.500. The van der Waals surface area contributed by atoms with Crippen LogP contribution in [0.1, 0.15) is 31.9 Å². The Kier molecular flexibility index (Phi) is 6.75. The van der Waals surface area contributed by atoms with Gasteiger partial charge in [0.05, 0.1) is 19.0 Å². The normalized spacial score (nSPS) is 12.2. The van der Waals surface area contributed by atoms with Crippen LogP contribution in [0.2, 0.25) is 0 Å². The van der Waals surface area contributed by atoms with Gasteiger partial charge in [0.25, 0.3) is 0 Å². The number of carbonyl (C=O) groups excluding carboxylic acids is 1. The Bertz CT molecular complexity index is 451. The Balaban J connectivity index is 2.64. The lowest BCUT2D eigenvalue weighted by Gasteiger charge is -2.26. The van der Waals surface area contributed by atoms with Gasteiger partial charge in [-0.1, -0.05) is 44.2 Å². The number of hydrogen-bond donors (Lipinski definition) is 1. The Hall–Kier alpha value is -1.86. The minimum absolute atomic E-state index is 0.0000657. The molecule has 0 aliphatic carbocycles. The van der Waals surface area contributed by atoms with Gasteiger partial charge in [-0.15, -0.1) is 0 Å². The fourth-order valence-corrected chi connectivity index (χ4v) is 2.00. The highest BCUT2D eigenvalue weighted by molar-refractivity contribution is 5.78. The van der Waals surface area contributed by atoms with E-state index in [4.69, 9.17) is 5.26 Å². The second-order valence-electron chi connectivity index (χ2n) is 5.40. The summed E-state index contributed by atoms with van der Waals surface area (Å²) in [6.07, 6.45) is 0.373. The predicted molar refractivity (Wildman–Crippen MR) is 79.9 cm³/mol. The summed E-state index contributed by atoms with van der Waals surface area (Å²) in [6.45, 7) is 5.10. The molecule has 1 aromatic carbocycles. The average Bonchev–Trinajstić information content (AvgIpc) is 2.43. The zero-order valence-electron chi connectivity index (χ0n) is 12.5. The first-order chi connectivity index (χ1) is 9.54. The van der Waals surface area contributed by atoms with E-state index in [1.165, 1.54) is 0 Å². The highest BCUT2D eigenvalue weighted by atomic mass is 16.2. The number of amides is 1. The third-order valence-electron chi connectivity index (χ3n) is 3.10. The SMILES string of the molecule is CC(C)CNC(=O)CN(C)C(CC#N)c1ccccc1. The monoisotopic (exact) mass is 273 g/mol. The Morgan fingerprint density at radius 2 is 2.00 bits per heavy atom. The number of rotatable bonds is 7. The van der Waals surface area contributed by atoms with Gasteiger partial charge in [0.2, 0.25) is 5.91 Å². The quantitative estimate of drug-likeness (QED) is 0.829. The summed E-state index contributed by atoms with van der Waals surface area (Å²) in [5.74, 6) is 0.438. The molecule has 0 saturated carbocycles. The lowest BCUT2D eigenvalue weighted by atomic mass is 10.0. The third-order valence-corrected chi connectivity index (χ3v) is 3.10. The van der Waals surface area contributed by atoms with Gasteiger partial charge in [0.1, 0.15) is 0 Å². The number of hydrogen-bond acceptors (Lipinski definition) is 3. The molecule has 1 amide bonds. The molecule has 0 aromatic heterocycles. The number of carbonyl (C=O) groups is 1. The van der Waals surface area contributed by atoms with Crippen molar-refractivity contribution in [3.8, 4) is 6.07 Å². The molecule has 0 radical (unpaired) electrons. The van der Waals surface area contributed by atoms with Crippen molar-refractivity contribution >= 4 is 5.91 Å². The second kappa shape index (κ2) is 8.34. The summed E-state index contributed by atoms with van der Waals surface area (Å²) in [5.41, 5.74) is 1.06. The van der Waals surface area contributed by atoms with Crippen molar-refractivity contribution in [2.24, 2.45) is 5.92 Å². The number of benzene rings is 1. The van der Waals surface area contributed by atoms with Crippen LogP contribution in [0.4, 0.5) is 0 Å². The van der Waals surface area contributed by atoms with E-state index in [0.717, 1.165) is 5.56 Å². The van der Waals surface area contributed by atoms with Crippen LogP contribution in [0.25, 0.3) is 0 Å². The maximum Gasteiger partial charge on any atom is 0.234 e. The molecule has 4 heteroatoms. The van der Waals surface area contributed by atoms with E-state index < -0.39 is 0 Å². The van der Waals surface area contributed by atoms with E-state index in [1.54, 1.807) is 0 Å². The molecule has 0 saturated heterocycles. The molecule has 0 bridgehead atoms. The molecule has 0 fully saturated rings. The molecule has 4 nitrogen and oxygen atoms in total. The van der Waals surface area contributed by atoms with Gasteiger partial charge in [-0.3, -0.25) is 9.69 Å². The minimum atomic E-state index is -0.0500. The lowest BCUT2D eigenvalue weighted by molar-refractivity contribution is -0.122. The molecule has 0 aliphatic heterocycles. The number of nitriles is 1. The van der Waals surface area contributed by atoms with Gasteiger partial charge in [-0.2, -0.15) is 5.26 Å². The number of nitrogens with zero attached hydrogens (tertiary/aromatic N) is 2. The zero-order chi connectivity index (χ0) is 15.0. The first kappa shape index (κ1) is 16.2. The molecule has 1 unspecified atom stereocenters. The molecular weight excluding hydrogens is 250 g/mol. The first-order valence-electron chi connectivity index (χ1n) is 6.93. The first-order valence-corrected chi connectivity index (χ1v) is 6.93. The van der Waals surface area contributed by atoms with Crippen molar-refractivity contribution in [3.05, 3.63) is 35.9 Å². The maximum atomic E-state index is 11.9. The van der Waals surface area contributed by atoms with Crippen LogP contribution in [-0.4, -0.2) is 30.9 Å². The molecule has 1 aromatic rings. The van der Waals surface area contributed by atoms with Crippen molar-refractivity contribution in [1.82, 2.24) is 10.2 Å². The molecule has 0 aliphatic rings. The zero-order valence-corrected chi connectivity index (χ0v) is 12.5. The van der Waals surface area contributed by atoms with Gasteiger partial charge in [0, 0.05) is 12.6 Å². The summed E-state index contributed by atoms with van der Waals surface area (Å²) in [4.78, 5) is 13.8. The summed E-state index contributed by atoms with van der Waals surface area (Å²) < 4.78 is 0. The lowest BCUT2D eigenvalue weighted by Crippen LogP contribution is -2.38. The number of likely N-dealkylation sites (N-methyl/N-ethyl adjacent to an activating group) is 1. The molecular formula is C16H23N3O. The van der Waals surface area contributed by atoms with Crippen LogP contribution in [0.15, 0.2) is 30.3 Å². The smallest absolute Gasteiger partial charge is 0.234 e. The Morgan fingerprint density at radius 3 is 2.55 bits per heavy atom. The topological polar surface area (TPSA) is 56.1 Å². The second-order valence-corrected chi connectivity index (χ2v) is 5.40. The van der Waals surface area contributed by atoms with Crippen molar-refractivity contribution in [2.75, 3.05) is 20.1 Å². The summed E-state index contributed by atoms with van der Waals surface area (Å²) in [5, 5.41) is 11.9. The highest BCUT2D eigenvalue weighted by Gasteiger charge is 2.18. The van der Waals surface area contributed by atoms with Crippen molar-refractivity contribution < 1.29 is 4.79 Å². The van der Waals surface area contributed by atoms with Crippen LogP contribution in [0, 0.1) is 17.2 Å². The average molecular weight is 273 g/mol. The van der Waals surface area contributed by atoms with Crippen LogP contribution in [0.3, 0.4) is 0 Å². The van der Waals surface area contributed by atoms with E-state index in [1.807, 2.05) is 42.3 Å². The highest BCUT2D eigenvalue weighted by Crippen LogP contribution is 2.21. The van der Waals surface area contributed by atoms with E-state index >= 15 is 0 Å².